The monoisotopic (exact) mass is 499 g/mol. The molecule has 0 amide bonds. The van der Waals surface area contributed by atoms with Gasteiger partial charge in [0.15, 0.2) is 5.11 Å². The van der Waals surface area contributed by atoms with E-state index in [0.717, 1.165) is 34.2 Å². The number of hydrogen-bond acceptors (Lipinski definition) is 5. The van der Waals surface area contributed by atoms with Gasteiger partial charge in [0.25, 0.3) is 0 Å². The van der Waals surface area contributed by atoms with Crippen molar-refractivity contribution in [3.63, 3.8) is 0 Å². The summed E-state index contributed by atoms with van der Waals surface area (Å²) in [5.41, 5.74) is 5.06. The number of nitrogens with zero attached hydrogens (tertiary/aromatic N) is 4. The fourth-order valence-corrected chi connectivity index (χ4v) is 5.02. The highest BCUT2D eigenvalue weighted by Gasteiger charge is 2.43. The van der Waals surface area contributed by atoms with Gasteiger partial charge >= 0.3 is 0 Å². The first-order valence-corrected chi connectivity index (χ1v) is 12.1. The van der Waals surface area contributed by atoms with Crippen molar-refractivity contribution in [2.24, 2.45) is 0 Å². The molecule has 7 nitrogen and oxygen atoms in total. The first-order valence-electron chi connectivity index (χ1n) is 11.7. The number of aromatic nitrogens is 2. The van der Waals surface area contributed by atoms with E-state index in [4.69, 9.17) is 21.7 Å². The zero-order chi connectivity index (χ0) is 25.2. The van der Waals surface area contributed by atoms with Gasteiger partial charge in [-0.15, -0.1) is 0 Å². The normalized spacial score (nSPS) is 17.1. The fraction of sp³-hybridized carbons (Fsp3) is 0.214. The minimum atomic E-state index is -0.182. The predicted octanol–water partition coefficient (Wildman–Crippen LogP) is 5.13. The lowest BCUT2D eigenvalue weighted by Gasteiger charge is -2.30. The summed E-state index contributed by atoms with van der Waals surface area (Å²) in [5.74, 6) is 1.40. The number of thiocarbonyl (C=S) groups is 1. The van der Waals surface area contributed by atoms with E-state index < -0.39 is 0 Å². The minimum Gasteiger partial charge on any atom is -0.497 e. The first-order chi connectivity index (χ1) is 17.5. The van der Waals surface area contributed by atoms with Crippen LogP contribution in [0.1, 0.15) is 23.5 Å². The quantitative estimate of drug-likeness (QED) is 0.354. The van der Waals surface area contributed by atoms with Crippen LogP contribution in [0.2, 0.25) is 0 Å². The van der Waals surface area contributed by atoms with Gasteiger partial charge in [-0.2, -0.15) is 0 Å². The molecule has 0 spiro atoms. The van der Waals surface area contributed by atoms with Gasteiger partial charge in [0.2, 0.25) is 0 Å². The predicted molar refractivity (Wildman–Crippen MR) is 148 cm³/mol. The lowest BCUT2D eigenvalue weighted by molar-refractivity contribution is 0.394. The molecule has 1 aliphatic heterocycles. The number of rotatable bonds is 7. The molecular formula is C28H29N5O2S. The van der Waals surface area contributed by atoms with Gasteiger partial charge in [-0.1, -0.05) is 6.07 Å². The second kappa shape index (κ2) is 9.91. The summed E-state index contributed by atoms with van der Waals surface area (Å²) in [6, 6.07) is 24.1. The van der Waals surface area contributed by atoms with E-state index in [1.807, 2.05) is 56.7 Å². The number of anilines is 2. The Morgan fingerprint density at radius 1 is 0.944 bits per heavy atom. The van der Waals surface area contributed by atoms with Crippen LogP contribution in [0.5, 0.6) is 11.5 Å². The smallest absolute Gasteiger partial charge is 0.174 e. The summed E-state index contributed by atoms with van der Waals surface area (Å²) in [6.45, 7) is 0. The van der Waals surface area contributed by atoms with Gasteiger partial charge < -0.3 is 29.2 Å². The van der Waals surface area contributed by atoms with Crippen LogP contribution in [0.3, 0.4) is 0 Å². The molecule has 2 atom stereocenters. The molecule has 0 saturated carbocycles. The summed E-state index contributed by atoms with van der Waals surface area (Å²) in [7, 11) is 7.38. The maximum Gasteiger partial charge on any atom is 0.174 e. The average molecular weight is 500 g/mol. The zero-order valence-electron chi connectivity index (χ0n) is 20.8. The standard InChI is InChI=1S/C28H29N5O2S/c1-31(2)19-10-12-20(13-11-19)32-17-7-9-24(32)27-26(22-8-5-6-16-29-22)30-28(36)33(27)23-15-14-21(34-3)18-25(23)35-4/h5-18,26-27H,1-4H3,(H,30,36)/t26-,27-/m0/s1. The number of pyridine rings is 1. The zero-order valence-corrected chi connectivity index (χ0v) is 21.6. The maximum atomic E-state index is 5.91. The Kier molecular flexibility index (Phi) is 6.52. The van der Waals surface area contributed by atoms with Crippen molar-refractivity contribution in [1.29, 1.82) is 0 Å². The van der Waals surface area contributed by atoms with Gasteiger partial charge in [0.05, 0.1) is 31.6 Å². The van der Waals surface area contributed by atoms with E-state index in [1.54, 1.807) is 14.2 Å². The van der Waals surface area contributed by atoms with E-state index in [2.05, 4.69) is 67.3 Å². The molecule has 0 unspecified atom stereocenters. The lowest BCUT2D eigenvalue weighted by Crippen LogP contribution is -2.30. The first kappa shape index (κ1) is 23.7. The SMILES string of the molecule is COc1ccc(N2C(=S)N[C@@H](c3ccccn3)[C@@H]2c2cccn2-c2ccc(N(C)C)cc2)c(OC)c1. The number of ether oxygens (including phenoxy) is 2. The van der Waals surface area contributed by atoms with E-state index in [-0.39, 0.29) is 12.1 Å². The molecule has 5 rings (SSSR count). The average Bonchev–Trinajstić information content (AvgIpc) is 3.53. The third-order valence-electron chi connectivity index (χ3n) is 6.47. The molecule has 3 heterocycles. The Hall–Kier alpha value is -4.04. The molecular weight excluding hydrogens is 470 g/mol. The van der Waals surface area contributed by atoms with Crippen molar-refractivity contribution >= 4 is 28.7 Å². The third-order valence-corrected chi connectivity index (χ3v) is 6.79. The highest BCUT2D eigenvalue weighted by atomic mass is 32.1. The Balaban J connectivity index is 1.65. The molecule has 1 saturated heterocycles. The highest BCUT2D eigenvalue weighted by molar-refractivity contribution is 7.80. The van der Waals surface area contributed by atoms with E-state index >= 15 is 0 Å². The second-order valence-electron chi connectivity index (χ2n) is 8.75. The van der Waals surface area contributed by atoms with Crippen molar-refractivity contribution in [2.45, 2.75) is 12.1 Å². The highest BCUT2D eigenvalue weighted by Crippen LogP contribution is 2.45. The number of benzene rings is 2. The summed E-state index contributed by atoms with van der Waals surface area (Å²) >= 11 is 5.91. The van der Waals surface area contributed by atoms with Crippen LogP contribution in [-0.4, -0.2) is 43.0 Å². The van der Waals surface area contributed by atoms with Crippen molar-refractivity contribution < 1.29 is 9.47 Å². The number of methoxy groups -OCH3 is 2. The molecule has 1 N–H and O–H groups in total. The van der Waals surface area contributed by atoms with E-state index in [1.165, 1.54) is 0 Å². The van der Waals surface area contributed by atoms with E-state index in [9.17, 15) is 0 Å². The number of nitrogens with one attached hydrogen (secondary N) is 1. The van der Waals surface area contributed by atoms with Crippen molar-refractivity contribution in [3.05, 3.63) is 96.6 Å². The van der Waals surface area contributed by atoms with Crippen molar-refractivity contribution in [1.82, 2.24) is 14.9 Å². The van der Waals surface area contributed by atoms with Crippen LogP contribution in [0.25, 0.3) is 5.69 Å². The van der Waals surface area contributed by atoms with Gasteiger partial charge in [-0.25, -0.2) is 0 Å². The Morgan fingerprint density at radius 3 is 2.42 bits per heavy atom. The third kappa shape index (κ3) is 4.24. The molecule has 184 valence electrons. The largest absolute Gasteiger partial charge is 0.497 e. The summed E-state index contributed by atoms with van der Waals surface area (Å²) < 4.78 is 13.4. The molecule has 2 aromatic carbocycles. The van der Waals surface area contributed by atoms with Crippen LogP contribution in [0.15, 0.2) is 85.2 Å². The molecule has 8 heteroatoms. The van der Waals surface area contributed by atoms with E-state index in [0.29, 0.717) is 10.9 Å². The molecule has 1 aliphatic rings. The lowest BCUT2D eigenvalue weighted by atomic mass is 10.0. The van der Waals surface area contributed by atoms with Crippen LogP contribution in [-0.2, 0) is 0 Å². The second-order valence-corrected chi connectivity index (χ2v) is 9.13. The molecule has 4 aromatic rings. The van der Waals surface area contributed by atoms with Crippen LogP contribution < -0.4 is 24.6 Å². The van der Waals surface area contributed by atoms with Crippen LogP contribution >= 0.6 is 12.2 Å². The summed E-state index contributed by atoms with van der Waals surface area (Å²) in [6.07, 6.45) is 3.90. The molecule has 0 radical (unpaired) electrons. The Labute approximate surface area is 216 Å². The minimum absolute atomic E-state index is 0.166. The van der Waals surface area contributed by atoms with Gasteiger partial charge in [-0.3, -0.25) is 4.98 Å². The van der Waals surface area contributed by atoms with Crippen molar-refractivity contribution in [3.8, 4) is 17.2 Å². The van der Waals surface area contributed by atoms with Crippen LogP contribution in [0.4, 0.5) is 11.4 Å². The Morgan fingerprint density at radius 2 is 1.75 bits per heavy atom. The van der Waals surface area contributed by atoms with Gasteiger partial charge in [0.1, 0.15) is 17.5 Å². The Bertz CT molecular complexity index is 1350. The van der Waals surface area contributed by atoms with Crippen LogP contribution in [0, 0.1) is 0 Å². The maximum absolute atomic E-state index is 5.91. The molecule has 2 aromatic heterocycles. The summed E-state index contributed by atoms with van der Waals surface area (Å²) in [5, 5.41) is 4.13. The topological polar surface area (TPSA) is 54.8 Å². The summed E-state index contributed by atoms with van der Waals surface area (Å²) in [4.78, 5) is 8.88. The molecule has 0 bridgehead atoms. The molecule has 0 aliphatic carbocycles. The number of hydrogen-bond donors (Lipinski definition) is 1. The van der Waals surface area contributed by atoms with Gasteiger partial charge in [-0.05, 0) is 72.9 Å². The fourth-order valence-electron chi connectivity index (χ4n) is 4.68. The van der Waals surface area contributed by atoms with Gasteiger partial charge in [0, 0.05) is 49.6 Å². The molecule has 1 fully saturated rings. The van der Waals surface area contributed by atoms with Crippen molar-refractivity contribution in [2.75, 3.05) is 38.1 Å². The molecule has 36 heavy (non-hydrogen) atoms.